The molecule has 0 heterocycles. The van der Waals surface area contributed by atoms with Crippen LogP contribution in [-0.4, -0.2) is 18.4 Å². The summed E-state index contributed by atoms with van der Waals surface area (Å²) in [5.74, 6) is -0.259. The van der Waals surface area contributed by atoms with Crippen molar-refractivity contribution < 1.29 is 9.59 Å². The fourth-order valence-electron chi connectivity index (χ4n) is 2.22. The van der Waals surface area contributed by atoms with Gasteiger partial charge in [-0.15, -0.1) is 0 Å². The third-order valence-electron chi connectivity index (χ3n) is 3.48. The Kier molecular flexibility index (Phi) is 5.92. The van der Waals surface area contributed by atoms with Crippen LogP contribution in [0.15, 0.2) is 48.5 Å². The summed E-state index contributed by atoms with van der Waals surface area (Å²) in [4.78, 5) is 24.0. The van der Waals surface area contributed by atoms with Crippen molar-refractivity contribution in [1.29, 1.82) is 0 Å². The number of rotatable bonds is 6. The van der Waals surface area contributed by atoms with Gasteiger partial charge in [0.2, 0.25) is 0 Å². The minimum absolute atomic E-state index is 0.112. The van der Waals surface area contributed by atoms with Crippen LogP contribution in [0.4, 0.5) is 0 Å². The molecular weight excluding hydrogens is 288 g/mol. The van der Waals surface area contributed by atoms with Crippen LogP contribution in [0.25, 0.3) is 0 Å². The summed E-state index contributed by atoms with van der Waals surface area (Å²) in [7, 11) is 0. The van der Waals surface area contributed by atoms with Crippen LogP contribution in [0.3, 0.4) is 0 Å². The summed E-state index contributed by atoms with van der Waals surface area (Å²) in [5, 5.41) is 5.70. The van der Waals surface area contributed by atoms with Crippen LogP contribution in [0.1, 0.15) is 45.2 Å². The quantitative estimate of drug-likeness (QED) is 0.861. The van der Waals surface area contributed by atoms with Gasteiger partial charge in [0.25, 0.3) is 11.8 Å². The maximum Gasteiger partial charge on any atom is 0.251 e. The molecular formula is C19H22N2O2. The Balaban J connectivity index is 1.93. The Bertz CT molecular complexity index is 678. The Morgan fingerprint density at radius 3 is 2.09 bits per heavy atom. The minimum atomic E-state index is -0.146. The van der Waals surface area contributed by atoms with E-state index in [-0.39, 0.29) is 11.8 Å². The second-order valence-electron chi connectivity index (χ2n) is 5.50. The lowest BCUT2D eigenvalue weighted by atomic mass is 10.1. The zero-order chi connectivity index (χ0) is 16.7. The highest BCUT2D eigenvalue weighted by molar-refractivity contribution is 5.97. The largest absolute Gasteiger partial charge is 0.352 e. The average molecular weight is 310 g/mol. The van der Waals surface area contributed by atoms with Gasteiger partial charge in [0.15, 0.2) is 0 Å². The van der Waals surface area contributed by atoms with Crippen LogP contribution in [0, 0.1) is 6.92 Å². The summed E-state index contributed by atoms with van der Waals surface area (Å²) in [6.07, 6.45) is 0.894. The molecule has 0 bridgehead atoms. The van der Waals surface area contributed by atoms with Crippen molar-refractivity contribution in [2.24, 2.45) is 0 Å². The van der Waals surface area contributed by atoms with E-state index in [0.717, 1.165) is 12.0 Å². The number of carbonyl (C=O) groups excluding carboxylic acids is 2. The first-order valence-corrected chi connectivity index (χ1v) is 7.82. The highest BCUT2D eigenvalue weighted by Gasteiger charge is 2.08. The zero-order valence-electron chi connectivity index (χ0n) is 13.6. The lowest BCUT2D eigenvalue weighted by molar-refractivity contribution is 0.0940. The Labute approximate surface area is 136 Å². The highest BCUT2D eigenvalue weighted by Crippen LogP contribution is 2.07. The summed E-state index contributed by atoms with van der Waals surface area (Å²) in [6, 6.07) is 14.7. The van der Waals surface area contributed by atoms with E-state index in [0.29, 0.717) is 24.2 Å². The standard InChI is InChI=1S/C19H22N2O2/c1-3-11-20-18(22)16-7-9-17(10-8-16)19(23)21-13-15-6-4-5-14(2)12-15/h4-10,12H,3,11,13H2,1-2H3,(H,20,22)(H,21,23). The molecule has 0 aromatic heterocycles. The maximum absolute atomic E-state index is 12.1. The van der Waals surface area contributed by atoms with Gasteiger partial charge in [0.1, 0.15) is 0 Å². The number of hydrogen-bond acceptors (Lipinski definition) is 2. The molecule has 0 saturated heterocycles. The van der Waals surface area contributed by atoms with Gasteiger partial charge in [0, 0.05) is 24.2 Å². The monoisotopic (exact) mass is 310 g/mol. The van der Waals surface area contributed by atoms with Crippen molar-refractivity contribution in [3.8, 4) is 0 Å². The molecule has 2 N–H and O–H groups in total. The normalized spacial score (nSPS) is 10.2. The van der Waals surface area contributed by atoms with E-state index >= 15 is 0 Å². The molecule has 23 heavy (non-hydrogen) atoms. The molecule has 4 nitrogen and oxygen atoms in total. The number of nitrogens with one attached hydrogen (secondary N) is 2. The van der Waals surface area contributed by atoms with Crippen molar-refractivity contribution in [3.63, 3.8) is 0 Å². The number of carbonyl (C=O) groups is 2. The van der Waals surface area contributed by atoms with E-state index in [9.17, 15) is 9.59 Å². The molecule has 2 aromatic rings. The number of benzene rings is 2. The van der Waals surface area contributed by atoms with Gasteiger partial charge >= 0.3 is 0 Å². The first-order valence-electron chi connectivity index (χ1n) is 7.82. The van der Waals surface area contributed by atoms with Gasteiger partial charge < -0.3 is 10.6 Å². The van der Waals surface area contributed by atoms with E-state index in [4.69, 9.17) is 0 Å². The van der Waals surface area contributed by atoms with Crippen LogP contribution in [0.2, 0.25) is 0 Å². The third kappa shape index (κ3) is 4.95. The topological polar surface area (TPSA) is 58.2 Å². The van der Waals surface area contributed by atoms with Gasteiger partial charge in [-0.1, -0.05) is 36.8 Å². The fourth-order valence-corrected chi connectivity index (χ4v) is 2.22. The smallest absolute Gasteiger partial charge is 0.251 e. The maximum atomic E-state index is 12.1. The highest BCUT2D eigenvalue weighted by atomic mass is 16.2. The van der Waals surface area contributed by atoms with Crippen LogP contribution >= 0.6 is 0 Å². The van der Waals surface area contributed by atoms with Crippen molar-refractivity contribution in [3.05, 3.63) is 70.8 Å². The molecule has 0 atom stereocenters. The molecule has 4 heteroatoms. The average Bonchev–Trinajstić information content (AvgIpc) is 2.57. The molecule has 2 rings (SSSR count). The summed E-state index contributed by atoms with van der Waals surface area (Å²) < 4.78 is 0. The number of aryl methyl sites for hydroxylation is 1. The van der Waals surface area contributed by atoms with Crippen LogP contribution in [-0.2, 0) is 6.54 Å². The molecule has 0 radical (unpaired) electrons. The predicted molar refractivity (Wildman–Crippen MR) is 91.4 cm³/mol. The van der Waals surface area contributed by atoms with E-state index in [1.54, 1.807) is 24.3 Å². The van der Waals surface area contributed by atoms with Crippen LogP contribution in [0.5, 0.6) is 0 Å². The van der Waals surface area contributed by atoms with Crippen molar-refractivity contribution >= 4 is 11.8 Å². The molecule has 2 aromatic carbocycles. The van der Waals surface area contributed by atoms with Gasteiger partial charge in [-0.2, -0.15) is 0 Å². The Hall–Kier alpha value is -2.62. The predicted octanol–water partition coefficient (Wildman–Crippen LogP) is 3.06. The lowest BCUT2D eigenvalue weighted by Crippen LogP contribution is -2.25. The zero-order valence-corrected chi connectivity index (χ0v) is 13.6. The first kappa shape index (κ1) is 16.7. The molecule has 0 aliphatic rings. The van der Waals surface area contributed by atoms with E-state index in [1.807, 2.05) is 38.1 Å². The summed E-state index contributed by atoms with van der Waals surface area (Å²) in [6.45, 7) is 5.16. The molecule has 0 saturated carbocycles. The second-order valence-corrected chi connectivity index (χ2v) is 5.50. The van der Waals surface area contributed by atoms with Gasteiger partial charge in [0.05, 0.1) is 0 Å². The molecule has 0 aliphatic heterocycles. The molecule has 0 unspecified atom stereocenters. The Morgan fingerprint density at radius 2 is 1.52 bits per heavy atom. The molecule has 0 fully saturated rings. The molecule has 2 amide bonds. The number of hydrogen-bond donors (Lipinski definition) is 2. The molecule has 0 aliphatic carbocycles. The SMILES string of the molecule is CCCNC(=O)c1ccc(C(=O)NCc2cccc(C)c2)cc1. The van der Waals surface area contributed by atoms with Gasteiger partial charge in [-0.25, -0.2) is 0 Å². The van der Waals surface area contributed by atoms with Gasteiger partial charge in [-0.3, -0.25) is 9.59 Å². The van der Waals surface area contributed by atoms with Crippen molar-refractivity contribution in [2.75, 3.05) is 6.54 Å². The van der Waals surface area contributed by atoms with Gasteiger partial charge in [-0.05, 0) is 43.2 Å². The minimum Gasteiger partial charge on any atom is -0.352 e. The molecule has 0 spiro atoms. The summed E-state index contributed by atoms with van der Waals surface area (Å²) >= 11 is 0. The summed E-state index contributed by atoms with van der Waals surface area (Å²) in [5.41, 5.74) is 3.34. The lowest BCUT2D eigenvalue weighted by Gasteiger charge is -2.07. The Morgan fingerprint density at radius 1 is 0.913 bits per heavy atom. The van der Waals surface area contributed by atoms with E-state index in [2.05, 4.69) is 10.6 Å². The third-order valence-corrected chi connectivity index (χ3v) is 3.48. The van der Waals surface area contributed by atoms with Crippen molar-refractivity contribution in [2.45, 2.75) is 26.8 Å². The van der Waals surface area contributed by atoms with Crippen LogP contribution < -0.4 is 10.6 Å². The fraction of sp³-hybridized carbons (Fsp3) is 0.263. The molecule has 120 valence electrons. The second kappa shape index (κ2) is 8.13. The van der Waals surface area contributed by atoms with Crippen molar-refractivity contribution in [1.82, 2.24) is 10.6 Å². The van der Waals surface area contributed by atoms with E-state index in [1.165, 1.54) is 5.56 Å². The van der Waals surface area contributed by atoms with E-state index < -0.39 is 0 Å². The first-order chi connectivity index (χ1) is 11.1. The number of amides is 2.